The number of rotatable bonds is 3. The molecule has 0 saturated heterocycles. The largest absolute Gasteiger partial charge is 0.383 e. The fraction of sp³-hybridized carbons (Fsp3) is 0.167. The zero-order chi connectivity index (χ0) is 12.3. The zero-order valence-electron chi connectivity index (χ0n) is 9.59. The first-order valence-electron chi connectivity index (χ1n) is 5.32. The topological polar surface area (TPSA) is 89.8 Å². The summed E-state index contributed by atoms with van der Waals surface area (Å²) in [5.41, 5.74) is 11.1. The number of aromatic nitrogens is 2. The Hall–Kier alpha value is -1.98. The highest BCUT2D eigenvalue weighted by molar-refractivity contribution is 5.44. The van der Waals surface area contributed by atoms with Crippen LogP contribution in [-0.2, 0) is 0 Å². The molecule has 0 fully saturated rings. The van der Waals surface area contributed by atoms with Gasteiger partial charge in [-0.2, -0.15) is 0 Å². The molecule has 1 unspecified atom stereocenters. The molecule has 5 N–H and O–H groups in total. The number of nitrogens with two attached hydrogens (primary N) is 2. The van der Waals surface area contributed by atoms with Crippen LogP contribution in [0.3, 0.4) is 0 Å². The van der Waals surface area contributed by atoms with Crippen LogP contribution in [0.2, 0.25) is 0 Å². The summed E-state index contributed by atoms with van der Waals surface area (Å²) in [5.74, 6) is 6.04. The average molecular weight is 229 g/mol. The Balaban J connectivity index is 2.44. The molecule has 5 heteroatoms. The molecule has 1 atom stereocenters. The SMILES string of the molecule is Cc1cccc(C(NN)c2cccnc2N)n1. The Morgan fingerprint density at radius 2 is 2.06 bits per heavy atom. The van der Waals surface area contributed by atoms with E-state index in [-0.39, 0.29) is 6.04 Å². The van der Waals surface area contributed by atoms with Crippen LogP contribution in [0.25, 0.3) is 0 Å². The maximum absolute atomic E-state index is 5.84. The van der Waals surface area contributed by atoms with Crippen LogP contribution in [0.15, 0.2) is 36.5 Å². The second kappa shape index (κ2) is 4.90. The zero-order valence-corrected chi connectivity index (χ0v) is 9.59. The van der Waals surface area contributed by atoms with Crippen LogP contribution in [0.5, 0.6) is 0 Å². The minimum absolute atomic E-state index is 0.247. The first kappa shape index (κ1) is 11.5. The van der Waals surface area contributed by atoms with E-state index in [1.807, 2.05) is 37.3 Å². The molecule has 2 aromatic heterocycles. The van der Waals surface area contributed by atoms with Crippen LogP contribution in [-0.4, -0.2) is 9.97 Å². The number of anilines is 1. The van der Waals surface area contributed by atoms with E-state index in [9.17, 15) is 0 Å². The Morgan fingerprint density at radius 3 is 2.71 bits per heavy atom. The molecule has 0 radical (unpaired) electrons. The predicted octanol–water partition coefficient (Wildman–Crippen LogP) is 0.920. The summed E-state index contributed by atoms with van der Waals surface area (Å²) < 4.78 is 0. The third kappa shape index (κ3) is 2.41. The monoisotopic (exact) mass is 229 g/mol. The van der Waals surface area contributed by atoms with Crippen molar-refractivity contribution in [3.63, 3.8) is 0 Å². The summed E-state index contributed by atoms with van der Waals surface area (Å²) in [4.78, 5) is 8.49. The van der Waals surface area contributed by atoms with Gasteiger partial charge in [-0.1, -0.05) is 12.1 Å². The molecule has 0 aliphatic heterocycles. The fourth-order valence-corrected chi connectivity index (χ4v) is 1.73. The van der Waals surface area contributed by atoms with Gasteiger partial charge < -0.3 is 5.73 Å². The number of hydrogen-bond donors (Lipinski definition) is 3. The van der Waals surface area contributed by atoms with Gasteiger partial charge in [-0.3, -0.25) is 10.8 Å². The quantitative estimate of drug-likeness (QED) is 0.538. The molecule has 2 rings (SSSR count). The number of hydrogen-bond acceptors (Lipinski definition) is 5. The van der Waals surface area contributed by atoms with E-state index in [4.69, 9.17) is 11.6 Å². The van der Waals surface area contributed by atoms with Gasteiger partial charge in [0, 0.05) is 17.5 Å². The van der Waals surface area contributed by atoms with Crippen molar-refractivity contribution in [2.24, 2.45) is 5.84 Å². The van der Waals surface area contributed by atoms with Crippen LogP contribution in [0, 0.1) is 6.92 Å². The van der Waals surface area contributed by atoms with Crippen LogP contribution < -0.4 is 17.0 Å². The smallest absolute Gasteiger partial charge is 0.128 e. The third-order valence-electron chi connectivity index (χ3n) is 2.55. The molecule has 2 aromatic rings. The van der Waals surface area contributed by atoms with Crippen LogP contribution in [0.1, 0.15) is 23.0 Å². The summed E-state index contributed by atoms with van der Waals surface area (Å²) in [6.45, 7) is 1.93. The highest BCUT2D eigenvalue weighted by atomic mass is 15.2. The number of nitrogens with zero attached hydrogens (tertiary/aromatic N) is 2. The standard InChI is InChI=1S/C12H15N5/c1-8-4-2-6-10(16-8)11(17-14)9-5-3-7-15-12(9)13/h2-7,11,17H,14H2,1H3,(H2,13,15). The van der Waals surface area contributed by atoms with Gasteiger partial charge in [-0.15, -0.1) is 0 Å². The van der Waals surface area contributed by atoms with E-state index in [1.54, 1.807) is 6.20 Å². The van der Waals surface area contributed by atoms with Gasteiger partial charge in [0.05, 0.1) is 11.7 Å². The third-order valence-corrected chi connectivity index (χ3v) is 2.55. The van der Waals surface area contributed by atoms with Crippen molar-refractivity contribution in [2.75, 3.05) is 5.73 Å². The molecule has 0 aliphatic carbocycles. The molecule has 0 aromatic carbocycles. The van der Waals surface area contributed by atoms with E-state index in [0.29, 0.717) is 5.82 Å². The molecule has 17 heavy (non-hydrogen) atoms. The minimum atomic E-state index is -0.247. The summed E-state index contributed by atoms with van der Waals surface area (Å²) in [6, 6.07) is 9.24. The van der Waals surface area contributed by atoms with Crippen molar-refractivity contribution in [3.8, 4) is 0 Å². The van der Waals surface area contributed by atoms with Gasteiger partial charge in [0.25, 0.3) is 0 Å². The first-order chi connectivity index (χ1) is 8.22. The number of nitrogen functional groups attached to an aromatic ring is 1. The maximum atomic E-state index is 5.84. The lowest BCUT2D eigenvalue weighted by molar-refractivity contribution is 0.619. The fourth-order valence-electron chi connectivity index (χ4n) is 1.73. The summed E-state index contributed by atoms with van der Waals surface area (Å²) in [6.07, 6.45) is 1.65. The van der Waals surface area contributed by atoms with Crippen LogP contribution >= 0.6 is 0 Å². The van der Waals surface area contributed by atoms with Gasteiger partial charge >= 0.3 is 0 Å². The van der Waals surface area contributed by atoms with Crippen molar-refractivity contribution in [3.05, 3.63) is 53.5 Å². The summed E-state index contributed by atoms with van der Waals surface area (Å²) in [5, 5.41) is 0. The molecule has 0 amide bonds. The molecular formula is C12H15N5. The number of pyridine rings is 2. The summed E-state index contributed by atoms with van der Waals surface area (Å²) >= 11 is 0. The first-order valence-corrected chi connectivity index (χ1v) is 5.32. The van der Waals surface area contributed by atoms with Crippen molar-refractivity contribution in [1.29, 1.82) is 0 Å². The van der Waals surface area contributed by atoms with Crippen LogP contribution in [0.4, 0.5) is 5.82 Å². The number of nitrogens with one attached hydrogen (secondary N) is 1. The lowest BCUT2D eigenvalue weighted by atomic mass is 10.0. The van der Waals surface area contributed by atoms with Gasteiger partial charge in [-0.05, 0) is 25.1 Å². The molecule has 5 nitrogen and oxygen atoms in total. The van der Waals surface area contributed by atoms with Crippen molar-refractivity contribution >= 4 is 5.82 Å². The van der Waals surface area contributed by atoms with Gasteiger partial charge in [-0.25, -0.2) is 10.4 Å². The summed E-state index contributed by atoms with van der Waals surface area (Å²) in [7, 11) is 0. The molecule has 0 spiro atoms. The van der Waals surface area contributed by atoms with Gasteiger partial charge in [0.1, 0.15) is 5.82 Å². The van der Waals surface area contributed by atoms with Crippen molar-refractivity contribution in [2.45, 2.75) is 13.0 Å². The second-order valence-corrected chi connectivity index (χ2v) is 3.78. The van der Waals surface area contributed by atoms with E-state index >= 15 is 0 Å². The molecule has 2 heterocycles. The normalized spacial score (nSPS) is 12.4. The van der Waals surface area contributed by atoms with Crippen molar-refractivity contribution < 1.29 is 0 Å². The predicted molar refractivity (Wildman–Crippen MR) is 66.8 cm³/mol. The van der Waals surface area contributed by atoms with E-state index in [1.165, 1.54) is 0 Å². The molecule has 0 aliphatic rings. The molecule has 0 saturated carbocycles. The van der Waals surface area contributed by atoms with E-state index < -0.39 is 0 Å². The maximum Gasteiger partial charge on any atom is 0.128 e. The van der Waals surface area contributed by atoms with Gasteiger partial charge in [0.15, 0.2) is 0 Å². The highest BCUT2D eigenvalue weighted by Gasteiger charge is 2.16. The number of hydrazine groups is 1. The Bertz CT molecular complexity index is 512. The average Bonchev–Trinajstić information content (AvgIpc) is 2.33. The van der Waals surface area contributed by atoms with Gasteiger partial charge in [0.2, 0.25) is 0 Å². The van der Waals surface area contributed by atoms with Crippen molar-refractivity contribution in [1.82, 2.24) is 15.4 Å². The lowest BCUT2D eigenvalue weighted by Crippen LogP contribution is -2.30. The molecule has 88 valence electrons. The number of aryl methyl sites for hydroxylation is 1. The molecular weight excluding hydrogens is 214 g/mol. The van der Waals surface area contributed by atoms with E-state index in [2.05, 4.69) is 15.4 Å². The Morgan fingerprint density at radius 1 is 1.24 bits per heavy atom. The minimum Gasteiger partial charge on any atom is -0.383 e. The van der Waals surface area contributed by atoms with E-state index in [0.717, 1.165) is 17.0 Å². The molecule has 0 bridgehead atoms. The Kier molecular flexibility index (Phi) is 3.32. The highest BCUT2D eigenvalue weighted by Crippen LogP contribution is 2.23. The Labute approximate surface area is 99.9 Å². The second-order valence-electron chi connectivity index (χ2n) is 3.78. The lowest BCUT2D eigenvalue weighted by Gasteiger charge is -2.17.